The summed E-state index contributed by atoms with van der Waals surface area (Å²) in [6.07, 6.45) is 6.81. The number of likely N-dealkylation sites (N-methyl/N-ethyl adjacent to an activating group) is 1. The third-order valence-corrected chi connectivity index (χ3v) is 5.56. The van der Waals surface area contributed by atoms with E-state index < -0.39 is 0 Å². The summed E-state index contributed by atoms with van der Waals surface area (Å²) in [5, 5.41) is 6.89. The molecule has 0 aromatic heterocycles. The fourth-order valence-corrected chi connectivity index (χ4v) is 4.07. The van der Waals surface area contributed by atoms with Crippen molar-refractivity contribution in [2.24, 2.45) is 10.9 Å². The van der Waals surface area contributed by atoms with Gasteiger partial charge < -0.3 is 20.4 Å². The molecule has 158 valence electrons. The first-order valence-electron chi connectivity index (χ1n) is 10.7. The van der Waals surface area contributed by atoms with Crippen LogP contribution in [0.5, 0.6) is 0 Å². The highest BCUT2D eigenvalue weighted by Gasteiger charge is 2.32. The number of amides is 1. The van der Waals surface area contributed by atoms with Crippen LogP contribution in [0.3, 0.4) is 0 Å². The van der Waals surface area contributed by atoms with E-state index in [9.17, 15) is 4.79 Å². The Bertz CT molecular complexity index is 454. The predicted octanol–water partition coefficient (Wildman–Crippen LogP) is 2.68. The zero-order chi connectivity index (χ0) is 18.8. The van der Waals surface area contributed by atoms with E-state index in [2.05, 4.69) is 41.2 Å². The molecule has 0 aromatic rings. The second kappa shape index (κ2) is 13.6. The second-order valence-corrected chi connectivity index (χ2v) is 7.59. The Hall–Kier alpha value is -0.570. The van der Waals surface area contributed by atoms with Gasteiger partial charge in [0.15, 0.2) is 5.96 Å². The molecule has 1 heterocycles. The van der Waals surface area contributed by atoms with Crippen LogP contribution in [0.15, 0.2) is 4.99 Å². The van der Waals surface area contributed by atoms with Crippen molar-refractivity contribution in [1.29, 1.82) is 0 Å². The van der Waals surface area contributed by atoms with Gasteiger partial charge in [0.25, 0.3) is 0 Å². The molecule has 0 radical (unpaired) electrons. The fourth-order valence-electron chi connectivity index (χ4n) is 4.07. The summed E-state index contributed by atoms with van der Waals surface area (Å²) >= 11 is 0. The second-order valence-electron chi connectivity index (χ2n) is 7.59. The van der Waals surface area contributed by atoms with Crippen molar-refractivity contribution in [3.63, 3.8) is 0 Å². The standard InChI is InChI=1S/C20H39N5O.HI/c1-4-13-24(6-3)15-12-22-20(21-5-2)23-18-11-14-25(16-18)19(26)17-9-7-8-10-17;/h17-18H,4-16H2,1-3H3,(H2,21,22,23);1H. The molecule has 2 N–H and O–H groups in total. The van der Waals surface area contributed by atoms with Gasteiger partial charge in [0, 0.05) is 38.1 Å². The topological polar surface area (TPSA) is 60.0 Å². The summed E-state index contributed by atoms with van der Waals surface area (Å²) in [5.41, 5.74) is 0. The number of nitrogens with one attached hydrogen (secondary N) is 2. The summed E-state index contributed by atoms with van der Waals surface area (Å²) in [5.74, 6) is 1.56. The number of carbonyl (C=O) groups is 1. The van der Waals surface area contributed by atoms with Gasteiger partial charge in [-0.15, -0.1) is 24.0 Å². The van der Waals surface area contributed by atoms with Gasteiger partial charge in [-0.05, 0) is 45.7 Å². The zero-order valence-corrected chi connectivity index (χ0v) is 19.8. The van der Waals surface area contributed by atoms with Crippen LogP contribution < -0.4 is 10.6 Å². The number of guanidine groups is 1. The van der Waals surface area contributed by atoms with Crippen molar-refractivity contribution in [3.8, 4) is 0 Å². The average molecular weight is 493 g/mol. The lowest BCUT2D eigenvalue weighted by Crippen LogP contribution is -2.45. The van der Waals surface area contributed by atoms with Gasteiger partial charge in [0.05, 0.1) is 6.54 Å². The molecule has 0 aromatic carbocycles. The third kappa shape index (κ3) is 8.13. The number of aliphatic imine (C=N–C) groups is 1. The highest BCUT2D eigenvalue weighted by atomic mass is 127. The largest absolute Gasteiger partial charge is 0.357 e. The van der Waals surface area contributed by atoms with Crippen molar-refractivity contribution in [3.05, 3.63) is 0 Å². The number of hydrogen-bond acceptors (Lipinski definition) is 3. The van der Waals surface area contributed by atoms with Crippen LogP contribution in [-0.4, -0.2) is 73.5 Å². The first-order valence-corrected chi connectivity index (χ1v) is 10.7. The molecule has 2 fully saturated rings. The number of likely N-dealkylation sites (tertiary alicyclic amines) is 1. The van der Waals surface area contributed by atoms with E-state index in [1.807, 2.05) is 0 Å². The fraction of sp³-hybridized carbons (Fsp3) is 0.900. The Labute approximate surface area is 182 Å². The molecule has 0 spiro atoms. The van der Waals surface area contributed by atoms with Crippen LogP contribution >= 0.6 is 24.0 Å². The minimum atomic E-state index is 0. The molecule has 2 aliphatic rings. The van der Waals surface area contributed by atoms with Gasteiger partial charge in [-0.25, -0.2) is 0 Å². The lowest BCUT2D eigenvalue weighted by atomic mass is 10.1. The van der Waals surface area contributed by atoms with Gasteiger partial charge in [-0.2, -0.15) is 0 Å². The van der Waals surface area contributed by atoms with Crippen LogP contribution in [0.4, 0.5) is 0 Å². The molecule has 1 aliphatic carbocycles. The maximum Gasteiger partial charge on any atom is 0.225 e. The molecule has 1 unspecified atom stereocenters. The minimum absolute atomic E-state index is 0. The van der Waals surface area contributed by atoms with E-state index in [1.54, 1.807) is 0 Å². The van der Waals surface area contributed by atoms with E-state index in [1.165, 1.54) is 19.3 Å². The Morgan fingerprint density at radius 1 is 1.15 bits per heavy atom. The SMILES string of the molecule is CCCN(CC)CCN=C(NCC)NC1CCN(C(=O)C2CCCC2)C1.I. The monoisotopic (exact) mass is 493 g/mol. The maximum absolute atomic E-state index is 12.6. The predicted molar refractivity (Wildman–Crippen MR) is 124 cm³/mol. The number of nitrogens with zero attached hydrogens (tertiary/aromatic N) is 3. The van der Waals surface area contributed by atoms with E-state index in [4.69, 9.17) is 4.99 Å². The average Bonchev–Trinajstić information content (AvgIpc) is 3.32. The number of halogens is 1. The Kier molecular flexibility index (Phi) is 12.3. The Morgan fingerprint density at radius 2 is 1.89 bits per heavy atom. The highest BCUT2D eigenvalue weighted by Crippen LogP contribution is 2.27. The minimum Gasteiger partial charge on any atom is -0.357 e. The maximum atomic E-state index is 12.6. The molecule has 6 nitrogen and oxygen atoms in total. The van der Waals surface area contributed by atoms with Crippen molar-refractivity contribution < 1.29 is 4.79 Å². The highest BCUT2D eigenvalue weighted by molar-refractivity contribution is 14.0. The molecule has 1 amide bonds. The van der Waals surface area contributed by atoms with E-state index in [0.29, 0.717) is 11.9 Å². The van der Waals surface area contributed by atoms with Crippen LogP contribution in [0, 0.1) is 5.92 Å². The van der Waals surface area contributed by atoms with Crippen molar-refractivity contribution in [2.75, 3.05) is 45.8 Å². The Morgan fingerprint density at radius 3 is 2.52 bits per heavy atom. The molecular formula is C20H40IN5O. The van der Waals surface area contributed by atoms with Crippen LogP contribution in [-0.2, 0) is 4.79 Å². The first kappa shape index (κ1) is 24.5. The lowest BCUT2D eigenvalue weighted by molar-refractivity contribution is -0.134. The molecule has 27 heavy (non-hydrogen) atoms. The molecule has 1 aliphatic heterocycles. The van der Waals surface area contributed by atoms with Crippen LogP contribution in [0.2, 0.25) is 0 Å². The lowest BCUT2D eigenvalue weighted by Gasteiger charge is -2.22. The van der Waals surface area contributed by atoms with E-state index >= 15 is 0 Å². The van der Waals surface area contributed by atoms with Gasteiger partial charge in [0.2, 0.25) is 5.91 Å². The first-order chi connectivity index (χ1) is 12.7. The van der Waals surface area contributed by atoms with E-state index in [0.717, 1.165) is 71.0 Å². The third-order valence-electron chi connectivity index (χ3n) is 5.56. The van der Waals surface area contributed by atoms with Crippen molar-refractivity contribution in [1.82, 2.24) is 20.4 Å². The van der Waals surface area contributed by atoms with Crippen LogP contribution in [0.1, 0.15) is 59.3 Å². The Balaban J connectivity index is 0.00000364. The number of rotatable bonds is 9. The van der Waals surface area contributed by atoms with Gasteiger partial charge >= 0.3 is 0 Å². The normalized spacial score (nSPS) is 20.8. The smallest absolute Gasteiger partial charge is 0.225 e. The van der Waals surface area contributed by atoms with Crippen molar-refractivity contribution in [2.45, 2.75) is 65.3 Å². The van der Waals surface area contributed by atoms with E-state index in [-0.39, 0.29) is 29.9 Å². The van der Waals surface area contributed by atoms with Gasteiger partial charge in [0.1, 0.15) is 0 Å². The molecule has 1 saturated carbocycles. The molecule has 2 rings (SSSR count). The quantitative estimate of drug-likeness (QED) is 0.295. The number of carbonyl (C=O) groups excluding carboxylic acids is 1. The van der Waals surface area contributed by atoms with Gasteiger partial charge in [-0.1, -0.05) is 26.7 Å². The summed E-state index contributed by atoms with van der Waals surface area (Å²) < 4.78 is 0. The summed E-state index contributed by atoms with van der Waals surface area (Å²) in [6, 6.07) is 0.316. The zero-order valence-electron chi connectivity index (χ0n) is 17.5. The van der Waals surface area contributed by atoms with Crippen LogP contribution in [0.25, 0.3) is 0 Å². The molecule has 1 atom stereocenters. The molecule has 1 saturated heterocycles. The molecular weight excluding hydrogens is 453 g/mol. The summed E-state index contributed by atoms with van der Waals surface area (Å²) in [6.45, 7) is 13.1. The molecule has 7 heteroatoms. The van der Waals surface area contributed by atoms with Gasteiger partial charge in [-0.3, -0.25) is 9.79 Å². The molecule has 0 bridgehead atoms. The van der Waals surface area contributed by atoms with Crippen molar-refractivity contribution >= 4 is 35.8 Å². The number of hydrogen-bond donors (Lipinski definition) is 2. The summed E-state index contributed by atoms with van der Waals surface area (Å²) in [7, 11) is 0. The summed E-state index contributed by atoms with van der Waals surface area (Å²) in [4.78, 5) is 21.8.